The molecule has 23 nitrogen and oxygen atoms in total. The lowest BCUT2D eigenvalue weighted by molar-refractivity contribution is -0.254. The van der Waals surface area contributed by atoms with Crippen LogP contribution in [-0.4, -0.2) is 166 Å². The molecule has 27 heteroatoms. The Morgan fingerprint density at radius 2 is 0.791 bits per heavy atom. The lowest BCUT2D eigenvalue weighted by Crippen LogP contribution is -2.50. The van der Waals surface area contributed by atoms with Crippen LogP contribution in [0, 0.1) is 21.7 Å². The normalized spacial score (nSPS) is 19.0. The van der Waals surface area contributed by atoms with E-state index in [0.717, 1.165) is 70.6 Å². The Hall–Kier alpha value is -6.28. The van der Waals surface area contributed by atoms with Gasteiger partial charge in [0.2, 0.25) is 0 Å². The number of hydrogen-bond donors (Lipinski definition) is 6. The maximum atomic E-state index is 13.5. The van der Waals surface area contributed by atoms with E-state index in [1.165, 1.54) is 13.8 Å². The second-order valence-corrected chi connectivity index (χ2v) is 23.7. The quantitative estimate of drug-likeness (QED) is 0.0112. The first-order valence-corrected chi connectivity index (χ1v) is 29.5. The zero-order valence-electron chi connectivity index (χ0n) is 52.7. The van der Waals surface area contributed by atoms with Gasteiger partial charge < -0.3 is 74.5 Å². The van der Waals surface area contributed by atoms with Crippen LogP contribution in [0.2, 0.25) is 0 Å². The average Bonchev–Trinajstić information content (AvgIpc) is 1.02. The minimum absolute atomic E-state index is 0.0396. The molecule has 498 valence electrons. The number of alkyl halides is 4. The maximum absolute atomic E-state index is 13.5. The number of halogens is 4. The molecular weight excluding hydrogens is 1140 g/mol. The molecule has 2 rings (SSSR count). The second kappa shape index (κ2) is 43.4. The number of esters is 2. The third-order valence-electron chi connectivity index (χ3n) is 13.3. The van der Waals surface area contributed by atoms with Crippen LogP contribution in [0.5, 0.6) is 0 Å². The number of rotatable bonds is 36. The standard InChI is InChI=1S/C30H51F2N3O9.C28H48FN3O8.CH3F/c1-7-44-30(31,32)21-43-27(39)35-23-17-28(4,5)19-29(6,18-23)20-34-26(38)42-15-12-10-8-9-11-14-41-25(37)33-13-16-40-24(36)22(2)3;1-21(2)23(33)37-16-12-30-24(34)38-13-9-7-6-8-10-14-39-25(35)31-20-28(5)18-22(17-27(3,4)19-28)32-26(36)40-15-11-29;1-2/h23H,2,7-21H2,1,3-6H3,(H,33,37)(H,34,38)(H,35,39);22H,1,6-20H2,2-5H3,(H,30,34)(H,31,35)(H,32,36);1H3. The van der Waals surface area contributed by atoms with Gasteiger partial charge in [0.25, 0.3) is 0 Å². The van der Waals surface area contributed by atoms with Gasteiger partial charge in [-0.15, -0.1) is 0 Å². The van der Waals surface area contributed by atoms with Crippen molar-refractivity contribution < 1.29 is 98.5 Å². The predicted octanol–water partition coefficient (Wildman–Crippen LogP) is 10.8. The molecule has 2 aliphatic rings. The Labute approximate surface area is 506 Å². The Morgan fingerprint density at radius 3 is 1.13 bits per heavy atom. The van der Waals surface area contributed by atoms with Crippen molar-refractivity contribution in [3.05, 3.63) is 24.3 Å². The molecule has 2 fully saturated rings. The van der Waals surface area contributed by atoms with Gasteiger partial charge in [0.15, 0.2) is 6.61 Å². The summed E-state index contributed by atoms with van der Waals surface area (Å²) in [6, 6.07) is -0.440. The molecule has 0 saturated heterocycles. The Bertz CT molecular complexity index is 2070. The summed E-state index contributed by atoms with van der Waals surface area (Å²) in [4.78, 5) is 94.2. The first-order chi connectivity index (χ1) is 40.4. The molecule has 6 N–H and O–H groups in total. The van der Waals surface area contributed by atoms with Gasteiger partial charge >= 0.3 is 54.6 Å². The van der Waals surface area contributed by atoms with Crippen molar-refractivity contribution in [2.45, 2.75) is 183 Å². The van der Waals surface area contributed by atoms with E-state index in [-0.39, 0.29) is 92.0 Å². The summed E-state index contributed by atoms with van der Waals surface area (Å²) >= 11 is 0. The summed E-state index contributed by atoms with van der Waals surface area (Å²) in [6.45, 7) is 23.8. The number of nitrogens with one attached hydrogen (secondary N) is 6. The molecule has 2 aliphatic carbocycles. The lowest BCUT2D eigenvalue weighted by Gasteiger charge is -2.46. The van der Waals surface area contributed by atoms with Gasteiger partial charge in [-0.2, -0.15) is 8.78 Å². The SMILES string of the molecule is C=C(C)C(=O)OCCNC(=O)OCCCCCCCOC(=O)NCC1(C)CC(NC(=O)OCC(F)(F)OCC)CC(C)(C)C1.C=C(C)C(=O)OCCNC(=O)OCCCCCCCOC(=O)NCC1(C)CC(NC(=O)OCCF)CC(C)(C)C1.CF. The van der Waals surface area contributed by atoms with Crippen LogP contribution in [0.3, 0.4) is 0 Å². The number of ether oxygens (including phenoxy) is 9. The van der Waals surface area contributed by atoms with Crippen molar-refractivity contribution in [1.82, 2.24) is 31.9 Å². The van der Waals surface area contributed by atoms with Crippen LogP contribution < -0.4 is 31.9 Å². The molecule has 0 heterocycles. The van der Waals surface area contributed by atoms with E-state index in [1.807, 2.05) is 6.92 Å². The monoisotopic (exact) mass is 1240 g/mol. The van der Waals surface area contributed by atoms with Gasteiger partial charge in [-0.3, -0.25) is 4.39 Å². The van der Waals surface area contributed by atoms with Gasteiger partial charge in [0.05, 0.1) is 53.3 Å². The zero-order valence-corrected chi connectivity index (χ0v) is 52.7. The molecular formula is C59H102F4N6O17. The first kappa shape index (κ1) is 79.7. The minimum atomic E-state index is -3.54. The van der Waals surface area contributed by atoms with Crippen molar-refractivity contribution in [2.24, 2.45) is 21.7 Å². The molecule has 0 aliphatic heterocycles. The number of hydrogen-bond acceptors (Lipinski definition) is 17. The Morgan fingerprint density at radius 1 is 0.465 bits per heavy atom. The number of carbonyl (C=O) groups excluding carboxylic acids is 8. The highest BCUT2D eigenvalue weighted by Gasteiger charge is 2.44. The summed E-state index contributed by atoms with van der Waals surface area (Å²) in [5.41, 5.74) is -0.222. The molecule has 4 unspecified atom stereocenters. The highest BCUT2D eigenvalue weighted by atomic mass is 19.3. The molecule has 0 spiro atoms. The largest absolute Gasteiger partial charge is 0.460 e. The van der Waals surface area contributed by atoms with Gasteiger partial charge in [0, 0.05) is 36.3 Å². The fourth-order valence-electron chi connectivity index (χ4n) is 10.4. The summed E-state index contributed by atoms with van der Waals surface area (Å²) in [6.07, 6.45) is 5.14. The number of carbonyl (C=O) groups is 8. The van der Waals surface area contributed by atoms with E-state index in [9.17, 15) is 55.9 Å². The van der Waals surface area contributed by atoms with Gasteiger partial charge in [-0.05, 0) is 107 Å². The fraction of sp³-hybridized carbons (Fsp3) is 0.797. The van der Waals surface area contributed by atoms with E-state index >= 15 is 0 Å². The van der Waals surface area contributed by atoms with Crippen molar-refractivity contribution in [1.29, 1.82) is 0 Å². The molecule has 86 heavy (non-hydrogen) atoms. The molecule has 6 amide bonds. The van der Waals surface area contributed by atoms with Gasteiger partial charge in [-0.1, -0.05) is 93.2 Å². The van der Waals surface area contributed by atoms with E-state index in [4.69, 9.17) is 33.2 Å². The average molecular weight is 1240 g/mol. The zero-order chi connectivity index (χ0) is 65.2. The highest BCUT2D eigenvalue weighted by Crippen LogP contribution is 2.47. The summed E-state index contributed by atoms with van der Waals surface area (Å²) in [7, 11) is 0.500. The van der Waals surface area contributed by atoms with Crippen LogP contribution in [0.25, 0.3) is 0 Å². The Kier molecular flexibility index (Phi) is 40.2. The third-order valence-corrected chi connectivity index (χ3v) is 13.3. The van der Waals surface area contributed by atoms with Crippen LogP contribution >= 0.6 is 0 Å². The fourth-order valence-corrected chi connectivity index (χ4v) is 10.4. The van der Waals surface area contributed by atoms with E-state index in [0.29, 0.717) is 71.2 Å². The lowest BCUT2D eigenvalue weighted by atomic mass is 9.62. The Balaban J connectivity index is 0.00000164. The maximum Gasteiger partial charge on any atom is 0.407 e. The van der Waals surface area contributed by atoms with Crippen molar-refractivity contribution in [3.63, 3.8) is 0 Å². The second-order valence-electron chi connectivity index (χ2n) is 23.7. The number of unbranched alkanes of at least 4 members (excludes halogenated alkanes) is 8. The molecule has 4 atom stereocenters. The predicted molar refractivity (Wildman–Crippen MR) is 313 cm³/mol. The van der Waals surface area contributed by atoms with Crippen molar-refractivity contribution >= 4 is 48.5 Å². The molecule has 0 aromatic rings. The van der Waals surface area contributed by atoms with Crippen LogP contribution in [-0.2, 0) is 52.2 Å². The molecule has 0 bridgehead atoms. The van der Waals surface area contributed by atoms with Crippen LogP contribution in [0.15, 0.2) is 24.3 Å². The third kappa shape index (κ3) is 40.9. The number of amides is 6. The molecule has 2 saturated carbocycles. The minimum Gasteiger partial charge on any atom is -0.460 e. The molecule has 0 aromatic heterocycles. The van der Waals surface area contributed by atoms with Gasteiger partial charge in [0.1, 0.15) is 26.5 Å². The van der Waals surface area contributed by atoms with Crippen molar-refractivity contribution in [3.8, 4) is 0 Å². The van der Waals surface area contributed by atoms with E-state index in [1.54, 1.807) is 6.92 Å². The van der Waals surface area contributed by atoms with Crippen LogP contribution in [0.1, 0.15) is 165 Å². The molecule has 0 aromatic carbocycles. The van der Waals surface area contributed by atoms with Gasteiger partial charge in [-0.25, -0.2) is 42.7 Å². The van der Waals surface area contributed by atoms with Crippen LogP contribution in [0.4, 0.5) is 46.3 Å². The van der Waals surface area contributed by atoms with E-state index < -0.39 is 67.9 Å². The smallest absolute Gasteiger partial charge is 0.407 e. The highest BCUT2D eigenvalue weighted by molar-refractivity contribution is 5.87. The van der Waals surface area contributed by atoms with Crippen molar-refractivity contribution in [2.75, 3.05) is 99.5 Å². The summed E-state index contributed by atoms with van der Waals surface area (Å²) in [5.74, 6) is -1.01. The molecule has 0 radical (unpaired) electrons. The first-order valence-electron chi connectivity index (χ1n) is 29.5. The summed E-state index contributed by atoms with van der Waals surface area (Å²) in [5, 5.41) is 16.2. The number of alkyl carbamates (subject to hydrolysis) is 6. The summed E-state index contributed by atoms with van der Waals surface area (Å²) < 4.78 is 92.9. The topological polar surface area (TPSA) is 292 Å². The van der Waals surface area contributed by atoms with E-state index in [2.05, 4.69) is 89.2 Å².